The average molecular weight is 481 g/mol. The zero-order valence-electron chi connectivity index (χ0n) is 19.6. The molecule has 0 spiro atoms. The minimum atomic E-state index is -0.618. The van der Waals surface area contributed by atoms with Crippen molar-refractivity contribution in [1.29, 1.82) is 0 Å². The summed E-state index contributed by atoms with van der Waals surface area (Å²) in [6, 6.07) is 7.64. The lowest BCUT2D eigenvalue weighted by Crippen LogP contribution is -2.18. The Bertz CT molecular complexity index is 1640. The molecule has 6 heterocycles. The second-order valence-corrected chi connectivity index (χ2v) is 8.61. The Kier molecular flexibility index (Phi) is 5.62. The zero-order chi connectivity index (χ0) is 24.5. The van der Waals surface area contributed by atoms with E-state index < -0.39 is 6.23 Å². The molecular weight excluding hydrogens is 456 g/mol. The maximum atomic E-state index is 10.2. The quantitative estimate of drug-likeness (QED) is 0.219. The van der Waals surface area contributed by atoms with Gasteiger partial charge in [0.25, 0.3) is 0 Å². The molecule has 36 heavy (non-hydrogen) atoms. The number of aliphatic hydroxyl groups excluding tert-OH is 1. The van der Waals surface area contributed by atoms with Crippen molar-refractivity contribution in [2.24, 2.45) is 0 Å². The number of aromatic amines is 2. The van der Waals surface area contributed by atoms with Crippen LogP contribution in [-0.4, -0.2) is 46.5 Å². The number of hydrogen-bond acceptors (Lipinski definition) is 8. The van der Waals surface area contributed by atoms with E-state index in [0.29, 0.717) is 17.9 Å². The number of aliphatic hydroxyl groups is 1. The molecule has 0 amide bonds. The number of unbranched alkanes of at least 4 members (excludes halogenated alkanes) is 1. The van der Waals surface area contributed by atoms with E-state index in [0.717, 1.165) is 63.0 Å². The molecule has 0 aromatic carbocycles. The van der Waals surface area contributed by atoms with Gasteiger partial charge in [0.1, 0.15) is 23.1 Å². The first-order valence-corrected chi connectivity index (χ1v) is 11.8. The third-order valence-electron chi connectivity index (χ3n) is 6.07. The van der Waals surface area contributed by atoms with Crippen LogP contribution in [0.4, 0.5) is 5.69 Å². The fourth-order valence-electron chi connectivity index (χ4n) is 4.23. The van der Waals surface area contributed by atoms with E-state index in [2.05, 4.69) is 42.4 Å². The van der Waals surface area contributed by atoms with Gasteiger partial charge in [0, 0.05) is 28.9 Å². The van der Waals surface area contributed by atoms with Crippen LogP contribution in [0.3, 0.4) is 0 Å². The lowest BCUT2D eigenvalue weighted by atomic mass is 10.1. The van der Waals surface area contributed by atoms with Crippen LogP contribution < -0.4 is 5.32 Å². The van der Waals surface area contributed by atoms with Gasteiger partial charge in [-0.2, -0.15) is 5.10 Å². The number of anilines is 1. The zero-order valence-corrected chi connectivity index (χ0v) is 19.6. The summed E-state index contributed by atoms with van der Waals surface area (Å²) in [6.07, 6.45) is 12.2. The second-order valence-electron chi connectivity index (χ2n) is 8.61. The van der Waals surface area contributed by atoms with E-state index >= 15 is 0 Å². The van der Waals surface area contributed by atoms with Crippen molar-refractivity contribution in [3.05, 3.63) is 61.6 Å². The number of hydrogen-bond donors (Lipinski definition) is 4. The first kappa shape index (κ1) is 21.9. The smallest absolute Gasteiger partial charge is 0.159 e. The Balaban J connectivity index is 1.36. The van der Waals surface area contributed by atoms with Gasteiger partial charge in [-0.3, -0.25) is 20.1 Å². The number of furan rings is 1. The summed E-state index contributed by atoms with van der Waals surface area (Å²) in [7, 11) is 0. The Morgan fingerprint density at radius 1 is 1.06 bits per heavy atom. The van der Waals surface area contributed by atoms with Crippen molar-refractivity contribution in [3.8, 4) is 34.0 Å². The molecule has 0 saturated carbocycles. The number of H-pyrrole nitrogens is 2. The highest BCUT2D eigenvalue weighted by molar-refractivity contribution is 5.96. The van der Waals surface area contributed by atoms with E-state index in [1.807, 2.05) is 24.3 Å². The standard InChI is InChI=1S/C26H24N8O2/c1-2-3-4-22(35)30-17-9-16(11-27-12-17)20-10-18-21(13-29-20)33-34-24(18)26-31-19-5-7-28-23(25(19)32-26)15-6-8-36-14-15/h5-14,22,30,35H,2-4H2,1H3,(H,31,32)(H,33,34). The molecule has 0 fully saturated rings. The fraction of sp³-hybridized carbons (Fsp3) is 0.192. The molecule has 0 aliphatic carbocycles. The molecule has 10 nitrogen and oxygen atoms in total. The van der Waals surface area contributed by atoms with Gasteiger partial charge in [0.15, 0.2) is 5.82 Å². The normalized spacial score (nSPS) is 12.4. The highest BCUT2D eigenvalue weighted by Crippen LogP contribution is 2.32. The van der Waals surface area contributed by atoms with E-state index in [1.165, 1.54) is 0 Å². The van der Waals surface area contributed by atoms with Crippen molar-refractivity contribution >= 4 is 27.6 Å². The van der Waals surface area contributed by atoms with Gasteiger partial charge in [-0.15, -0.1) is 0 Å². The summed E-state index contributed by atoms with van der Waals surface area (Å²) < 4.78 is 5.23. The number of rotatable bonds is 8. The second kappa shape index (κ2) is 9.23. The first-order chi connectivity index (χ1) is 17.7. The molecule has 0 saturated heterocycles. The molecule has 6 rings (SSSR count). The minimum absolute atomic E-state index is 0.618. The third kappa shape index (κ3) is 4.07. The summed E-state index contributed by atoms with van der Waals surface area (Å²) in [4.78, 5) is 21.6. The number of nitrogens with zero attached hydrogens (tertiary/aromatic N) is 5. The van der Waals surface area contributed by atoms with Crippen LogP contribution in [0.2, 0.25) is 0 Å². The maximum absolute atomic E-state index is 10.2. The predicted molar refractivity (Wildman–Crippen MR) is 137 cm³/mol. The van der Waals surface area contributed by atoms with Gasteiger partial charge in [-0.05, 0) is 37.1 Å². The monoisotopic (exact) mass is 480 g/mol. The molecule has 1 unspecified atom stereocenters. The Hall–Kier alpha value is -4.57. The van der Waals surface area contributed by atoms with Crippen LogP contribution in [0.25, 0.3) is 56.0 Å². The summed E-state index contributed by atoms with van der Waals surface area (Å²) in [5.41, 5.74) is 6.96. The van der Waals surface area contributed by atoms with Gasteiger partial charge in [0.2, 0.25) is 0 Å². The molecule has 0 bridgehead atoms. The molecular formula is C26H24N8O2. The molecule has 0 aliphatic heterocycles. The summed E-state index contributed by atoms with van der Waals surface area (Å²) in [6.45, 7) is 2.10. The van der Waals surface area contributed by atoms with E-state index in [1.54, 1.807) is 37.3 Å². The van der Waals surface area contributed by atoms with Gasteiger partial charge < -0.3 is 19.8 Å². The van der Waals surface area contributed by atoms with Gasteiger partial charge >= 0.3 is 0 Å². The fourth-order valence-corrected chi connectivity index (χ4v) is 4.23. The Labute approximate surface area is 205 Å². The molecule has 0 aliphatic rings. The highest BCUT2D eigenvalue weighted by atomic mass is 16.3. The van der Waals surface area contributed by atoms with Gasteiger partial charge in [-0.25, -0.2) is 4.98 Å². The van der Waals surface area contributed by atoms with Crippen molar-refractivity contribution in [2.45, 2.75) is 32.4 Å². The Morgan fingerprint density at radius 3 is 2.86 bits per heavy atom. The van der Waals surface area contributed by atoms with Crippen molar-refractivity contribution < 1.29 is 9.52 Å². The molecule has 6 aromatic heterocycles. The number of pyridine rings is 3. The highest BCUT2D eigenvalue weighted by Gasteiger charge is 2.17. The largest absolute Gasteiger partial charge is 0.472 e. The molecule has 10 heteroatoms. The molecule has 4 N–H and O–H groups in total. The SMILES string of the molecule is CCCCC(O)Nc1cncc(-c2cc3c(-c4nc5c(-c6ccoc6)nccc5[nH]4)n[nH]c3cn2)c1. The number of fused-ring (bicyclic) bond motifs is 2. The van der Waals surface area contributed by atoms with Crippen LogP contribution >= 0.6 is 0 Å². The van der Waals surface area contributed by atoms with Crippen molar-refractivity contribution in [1.82, 2.24) is 35.1 Å². The van der Waals surface area contributed by atoms with Crippen LogP contribution in [0, 0.1) is 0 Å². The van der Waals surface area contributed by atoms with Crippen LogP contribution in [0.1, 0.15) is 26.2 Å². The molecule has 6 aromatic rings. The van der Waals surface area contributed by atoms with Gasteiger partial charge in [0.05, 0.1) is 47.3 Å². The molecule has 180 valence electrons. The summed E-state index contributed by atoms with van der Waals surface area (Å²) in [5, 5.41) is 21.8. The summed E-state index contributed by atoms with van der Waals surface area (Å²) in [5.74, 6) is 0.624. The molecule has 0 radical (unpaired) electrons. The van der Waals surface area contributed by atoms with Crippen molar-refractivity contribution in [2.75, 3.05) is 5.32 Å². The molecule has 1 atom stereocenters. The maximum Gasteiger partial charge on any atom is 0.159 e. The van der Waals surface area contributed by atoms with Gasteiger partial charge in [-0.1, -0.05) is 13.3 Å². The average Bonchev–Trinajstić information content (AvgIpc) is 3.66. The number of nitrogens with one attached hydrogen (secondary N) is 3. The lowest BCUT2D eigenvalue weighted by molar-refractivity contribution is 0.190. The van der Waals surface area contributed by atoms with Crippen LogP contribution in [0.5, 0.6) is 0 Å². The lowest BCUT2D eigenvalue weighted by Gasteiger charge is -2.14. The summed E-state index contributed by atoms with van der Waals surface area (Å²) >= 11 is 0. The van der Waals surface area contributed by atoms with E-state index in [9.17, 15) is 5.11 Å². The number of aromatic nitrogens is 7. The van der Waals surface area contributed by atoms with Crippen molar-refractivity contribution in [3.63, 3.8) is 0 Å². The van der Waals surface area contributed by atoms with E-state index in [4.69, 9.17) is 9.40 Å². The van der Waals surface area contributed by atoms with Crippen LogP contribution in [0.15, 0.2) is 66.0 Å². The Morgan fingerprint density at radius 2 is 2.00 bits per heavy atom. The minimum Gasteiger partial charge on any atom is -0.472 e. The van der Waals surface area contributed by atoms with E-state index in [-0.39, 0.29) is 0 Å². The third-order valence-corrected chi connectivity index (χ3v) is 6.07. The first-order valence-electron chi connectivity index (χ1n) is 11.8. The van der Waals surface area contributed by atoms with Crippen LogP contribution in [-0.2, 0) is 0 Å². The number of imidazole rings is 1. The predicted octanol–water partition coefficient (Wildman–Crippen LogP) is 5.14. The topological polar surface area (TPSA) is 141 Å².